The van der Waals surface area contributed by atoms with Gasteiger partial charge >= 0.3 is 0 Å². The average Bonchev–Trinajstić information content (AvgIpc) is 2.75. The number of aryl methyl sites for hydroxylation is 1. The minimum absolute atomic E-state index is 0.0375. The fraction of sp³-hybridized carbons (Fsp3) is 0.667. The molecule has 17 heavy (non-hydrogen) atoms. The molecule has 1 aromatic rings. The number of piperidine rings is 1. The van der Waals surface area contributed by atoms with Crippen LogP contribution in [0.4, 0.5) is 5.82 Å². The van der Waals surface area contributed by atoms with Gasteiger partial charge in [0.1, 0.15) is 5.82 Å². The zero-order valence-corrected chi connectivity index (χ0v) is 10.4. The maximum absolute atomic E-state index is 12.1. The molecule has 0 aromatic carbocycles. The van der Waals surface area contributed by atoms with Crippen LogP contribution in [0.25, 0.3) is 0 Å². The first-order valence-electron chi connectivity index (χ1n) is 6.25. The van der Waals surface area contributed by atoms with Crippen LogP contribution < -0.4 is 10.6 Å². The van der Waals surface area contributed by atoms with Crippen molar-refractivity contribution in [1.82, 2.24) is 15.5 Å². The van der Waals surface area contributed by atoms with E-state index in [1.165, 1.54) is 6.42 Å². The molecule has 0 bridgehead atoms. The Morgan fingerprint density at radius 2 is 2.47 bits per heavy atom. The minimum atomic E-state index is -0.0728. The van der Waals surface area contributed by atoms with Gasteiger partial charge in [-0.3, -0.25) is 9.89 Å². The zero-order valence-electron chi connectivity index (χ0n) is 10.4. The molecule has 0 spiro atoms. The topological polar surface area (TPSA) is 69.8 Å². The number of hydrogen-bond donors (Lipinski definition) is 3. The highest BCUT2D eigenvalue weighted by Crippen LogP contribution is 2.20. The molecule has 1 aromatic heterocycles. The Labute approximate surface area is 101 Å². The molecule has 0 saturated carbocycles. The van der Waals surface area contributed by atoms with E-state index in [0.29, 0.717) is 11.7 Å². The molecule has 2 heterocycles. The molecule has 5 nitrogen and oxygen atoms in total. The molecular formula is C12H20N4O. The van der Waals surface area contributed by atoms with E-state index in [4.69, 9.17) is 0 Å². The van der Waals surface area contributed by atoms with Crippen molar-refractivity contribution >= 4 is 11.7 Å². The quantitative estimate of drug-likeness (QED) is 0.743. The van der Waals surface area contributed by atoms with Crippen LogP contribution in [0.5, 0.6) is 0 Å². The molecule has 1 aliphatic heterocycles. The lowest BCUT2D eigenvalue weighted by Crippen LogP contribution is -2.46. The van der Waals surface area contributed by atoms with Crippen LogP contribution in [0, 0.1) is 12.8 Å². The van der Waals surface area contributed by atoms with Gasteiger partial charge in [0.25, 0.3) is 0 Å². The lowest BCUT2D eigenvalue weighted by atomic mass is 9.90. The molecule has 2 rings (SSSR count). The van der Waals surface area contributed by atoms with Crippen molar-refractivity contribution in [2.24, 2.45) is 5.92 Å². The van der Waals surface area contributed by atoms with Gasteiger partial charge in [-0.05, 0) is 32.2 Å². The predicted molar refractivity (Wildman–Crippen MR) is 66.8 cm³/mol. The molecule has 1 fully saturated rings. The number of H-pyrrole nitrogens is 1. The first kappa shape index (κ1) is 12.1. The number of carbonyl (C=O) groups is 1. The van der Waals surface area contributed by atoms with E-state index in [9.17, 15) is 4.79 Å². The van der Waals surface area contributed by atoms with E-state index in [2.05, 4.69) is 27.8 Å². The van der Waals surface area contributed by atoms with Crippen molar-refractivity contribution in [2.45, 2.75) is 39.2 Å². The van der Waals surface area contributed by atoms with Gasteiger partial charge in [-0.1, -0.05) is 13.3 Å². The van der Waals surface area contributed by atoms with Crippen LogP contribution >= 0.6 is 0 Å². The number of nitrogens with zero attached hydrogens (tertiary/aromatic N) is 1. The van der Waals surface area contributed by atoms with Crippen molar-refractivity contribution in [1.29, 1.82) is 0 Å². The van der Waals surface area contributed by atoms with Gasteiger partial charge in [-0.25, -0.2) is 0 Å². The third kappa shape index (κ3) is 2.85. The number of nitrogens with one attached hydrogen (secondary N) is 3. The van der Waals surface area contributed by atoms with Crippen molar-refractivity contribution in [2.75, 3.05) is 11.9 Å². The van der Waals surface area contributed by atoms with Crippen LogP contribution in [0.15, 0.2) is 6.20 Å². The van der Waals surface area contributed by atoms with Gasteiger partial charge in [0.2, 0.25) is 5.91 Å². The molecule has 5 heteroatoms. The lowest BCUT2D eigenvalue weighted by molar-refractivity contribution is -0.119. The summed E-state index contributed by atoms with van der Waals surface area (Å²) in [5.74, 6) is 1.40. The normalized spacial score (nSPS) is 24.6. The first-order valence-corrected chi connectivity index (χ1v) is 6.25. The monoisotopic (exact) mass is 236 g/mol. The molecule has 2 unspecified atom stereocenters. The maximum Gasteiger partial charge on any atom is 0.242 e. The fourth-order valence-electron chi connectivity index (χ4n) is 2.25. The second kappa shape index (κ2) is 5.31. The number of rotatable bonds is 3. The Kier molecular flexibility index (Phi) is 3.78. The Morgan fingerprint density at radius 1 is 1.65 bits per heavy atom. The predicted octanol–water partition coefficient (Wildman–Crippen LogP) is 1.43. The van der Waals surface area contributed by atoms with Crippen molar-refractivity contribution in [3.05, 3.63) is 11.8 Å². The summed E-state index contributed by atoms with van der Waals surface area (Å²) in [6.45, 7) is 5.03. The Hall–Kier alpha value is -1.36. The molecule has 94 valence electrons. The summed E-state index contributed by atoms with van der Waals surface area (Å²) >= 11 is 0. The van der Waals surface area contributed by atoms with Crippen LogP contribution in [-0.4, -0.2) is 28.7 Å². The van der Waals surface area contributed by atoms with Crippen LogP contribution in [0.2, 0.25) is 0 Å². The minimum Gasteiger partial charge on any atom is -0.309 e. The third-order valence-corrected chi connectivity index (χ3v) is 3.48. The van der Waals surface area contributed by atoms with Gasteiger partial charge in [-0.2, -0.15) is 5.10 Å². The van der Waals surface area contributed by atoms with E-state index < -0.39 is 0 Å². The SMILES string of the molecule is CCC1CCNC(C(=O)Nc2[nH]ncc2C)C1. The van der Waals surface area contributed by atoms with Gasteiger partial charge < -0.3 is 10.6 Å². The van der Waals surface area contributed by atoms with Gasteiger partial charge in [0, 0.05) is 5.56 Å². The molecule has 0 radical (unpaired) electrons. The summed E-state index contributed by atoms with van der Waals surface area (Å²) in [5.41, 5.74) is 0.959. The van der Waals surface area contributed by atoms with Crippen molar-refractivity contribution < 1.29 is 4.79 Å². The van der Waals surface area contributed by atoms with Gasteiger partial charge in [0.05, 0.1) is 12.2 Å². The van der Waals surface area contributed by atoms with Gasteiger partial charge in [-0.15, -0.1) is 0 Å². The van der Waals surface area contributed by atoms with E-state index in [1.54, 1.807) is 6.20 Å². The summed E-state index contributed by atoms with van der Waals surface area (Å²) < 4.78 is 0. The Bertz CT molecular complexity index is 388. The smallest absolute Gasteiger partial charge is 0.242 e. The maximum atomic E-state index is 12.1. The zero-order chi connectivity index (χ0) is 12.3. The summed E-state index contributed by atoms with van der Waals surface area (Å²) in [7, 11) is 0. The molecular weight excluding hydrogens is 216 g/mol. The molecule has 1 saturated heterocycles. The van der Waals surface area contributed by atoms with E-state index >= 15 is 0 Å². The third-order valence-electron chi connectivity index (χ3n) is 3.48. The highest BCUT2D eigenvalue weighted by molar-refractivity contribution is 5.94. The lowest BCUT2D eigenvalue weighted by Gasteiger charge is -2.28. The molecule has 1 aliphatic rings. The van der Waals surface area contributed by atoms with E-state index in [-0.39, 0.29) is 11.9 Å². The van der Waals surface area contributed by atoms with Crippen LogP contribution in [0.3, 0.4) is 0 Å². The Morgan fingerprint density at radius 3 is 3.12 bits per heavy atom. The van der Waals surface area contributed by atoms with E-state index in [1.807, 2.05) is 6.92 Å². The molecule has 3 N–H and O–H groups in total. The molecule has 1 amide bonds. The Balaban J connectivity index is 1.94. The molecule has 0 aliphatic carbocycles. The number of aromatic nitrogens is 2. The summed E-state index contributed by atoms with van der Waals surface area (Å²) in [6.07, 6.45) is 4.95. The van der Waals surface area contributed by atoms with Crippen LogP contribution in [0.1, 0.15) is 31.7 Å². The second-order valence-electron chi connectivity index (χ2n) is 4.72. The summed E-state index contributed by atoms with van der Waals surface area (Å²) in [6, 6.07) is -0.0728. The highest BCUT2D eigenvalue weighted by Gasteiger charge is 2.26. The number of aromatic amines is 1. The van der Waals surface area contributed by atoms with E-state index in [0.717, 1.165) is 24.9 Å². The van der Waals surface area contributed by atoms with Gasteiger partial charge in [0.15, 0.2) is 0 Å². The number of hydrogen-bond acceptors (Lipinski definition) is 3. The molecule has 2 atom stereocenters. The number of anilines is 1. The summed E-state index contributed by atoms with van der Waals surface area (Å²) in [5, 5.41) is 12.8. The first-order chi connectivity index (χ1) is 8.20. The number of amides is 1. The largest absolute Gasteiger partial charge is 0.309 e. The summed E-state index contributed by atoms with van der Waals surface area (Å²) in [4.78, 5) is 12.1. The highest BCUT2D eigenvalue weighted by atomic mass is 16.2. The second-order valence-corrected chi connectivity index (χ2v) is 4.72. The average molecular weight is 236 g/mol. The standard InChI is InChI=1S/C12H20N4O/c1-3-9-4-5-13-10(6-9)12(17)15-11-8(2)7-14-16-11/h7,9-10,13H,3-6H2,1-2H3,(H2,14,15,16,17). The fourth-order valence-corrected chi connectivity index (χ4v) is 2.25. The van der Waals surface area contributed by atoms with Crippen molar-refractivity contribution in [3.63, 3.8) is 0 Å². The van der Waals surface area contributed by atoms with Crippen LogP contribution in [-0.2, 0) is 4.79 Å². The van der Waals surface area contributed by atoms with Crippen molar-refractivity contribution in [3.8, 4) is 0 Å². The number of carbonyl (C=O) groups excluding carboxylic acids is 1.